The summed E-state index contributed by atoms with van der Waals surface area (Å²) in [6, 6.07) is 1.99. The van der Waals surface area contributed by atoms with E-state index in [0.717, 1.165) is 56.6 Å². The quantitative estimate of drug-likeness (QED) is 0.644. The minimum atomic E-state index is 0.571. The molecule has 1 aliphatic rings. The van der Waals surface area contributed by atoms with Crippen LogP contribution in [-0.2, 0) is 4.74 Å². The summed E-state index contributed by atoms with van der Waals surface area (Å²) in [4.78, 5) is 9.18. The van der Waals surface area contributed by atoms with Gasteiger partial charge in [-0.2, -0.15) is 0 Å². The fourth-order valence-corrected chi connectivity index (χ4v) is 1.99. The molecule has 0 spiro atoms. The Balaban J connectivity index is 1.82. The Morgan fingerprint density at radius 2 is 1.90 bits per heavy atom. The molecular weight excluding hydrogens is 252 g/mol. The zero-order valence-corrected chi connectivity index (χ0v) is 12.6. The van der Waals surface area contributed by atoms with Crippen LogP contribution in [0.15, 0.2) is 6.07 Å². The molecule has 1 saturated carbocycles. The Hall–Kier alpha value is -1.36. The number of rotatable bonds is 10. The molecule has 0 amide bonds. The average Bonchev–Trinajstić information content (AvgIpc) is 3.27. The summed E-state index contributed by atoms with van der Waals surface area (Å²) in [5.74, 6) is 3.40. The normalized spacial score (nSPS) is 14.3. The topological polar surface area (TPSA) is 59.1 Å². The molecule has 1 aromatic rings. The van der Waals surface area contributed by atoms with Crippen molar-refractivity contribution in [3.05, 3.63) is 11.9 Å². The summed E-state index contributed by atoms with van der Waals surface area (Å²) in [6.07, 6.45) is 4.52. The van der Waals surface area contributed by atoms with Crippen molar-refractivity contribution in [3.63, 3.8) is 0 Å². The predicted molar refractivity (Wildman–Crippen MR) is 82.4 cm³/mol. The van der Waals surface area contributed by atoms with Crippen molar-refractivity contribution in [2.24, 2.45) is 0 Å². The minimum absolute atomic E-state index is 0.571. The van der Waals surface area contributed by atoms with Gasteiger partial charge in [-0.05, 0) is 32.6 Å². The van der Waals surface area contributed by atoms with Gasteiger partial charge in [0.25, 0.3) is 0 Å². The van der Waals surface area contributed by atoms with E-state index in [4.69, 9.17) is 4.74 Å². The van der Waals surface area contributed by atoms with Crippen LogP contribution in [0.3, 0.4) is 0 Å². The highest BCUT2D eigenvalue weighted by molar-refractivity contribution is 5.48. The Labute approximate surface area is 121 Å². The van der Waals surface area contributed by atoms with Gasteiger partial charge in [-0.3, -0.25) is 0 Å². The zero-order chi connectivity index (χ0) is 14.2. The van der Waals surface area contributed by atoms with Crippen molar-refractivity contribution in [3.8, 4) is 0 Å². The van der Waals surface area contributed by atoms with Crippen LogP contribution in [0.25, 0.3) is 0 Å². The van der Waals surface area contributed by atoms with Crippen LogP contribution in [-0.4, -0.2) is 36.3 Å². The Morgan fingerprint density at radius 3 is 2.55 bits per heavy atom. The van der Waals surface area contributed by atoms with E-state index in [1.807, 2.05) is 6.07 Å². The molecule has 0 atom stereocenters. The molecule has 0 aliphatic heterocycles. The summed E-state index contributed by atoms with van der Waals surface area (Å²) in [6.45, 7) is 7.63. The SMILES string of the molecule is CCCOCCCNc1cc(NCC)nc(C2CC2)n1. The fourth-order valence-electron chi connectivity index (χ4n) is 1.99. The van der Waals surface area contributed by atoms with Crippen LogP contribution >= 0.6 is 0 Å². The van der Waals surface area contributed by atoms with Gasteiger partial charge in [0.15, 0.2) is 0 Å². The van der Waals surface area contributed by atoms with Gasteiger partial charge in [-0.15, -0.1) is 0 Å². The van der Waals surface area contributed by atoms with Crippen molar-refractivity contribution in [2.45, 2.75) is 45.4 Å². The molecule has 20 heavy (non-hydrogen) atoms. The molecule has 1 fully saturated rings. The lowest BCUT2D eigenvalue weighted by molar-refractivity contribution is 0.134. The number of nitrogens with zero attached hydrogens (tertiary/aromatic N) is 2. The summed E-state index contributed by atoms with van der Waals surface area (Å²) >= 11 is 0. The average molecular weight is 278 g/mol. The first-order valence-electron chi connectivity index (χ1n) is 7.78. The highest BCUT2D eigenvalue weighted by Gasteiger charge is 2.27. The number of nitrogens with one attached hydrogen (secondary N) is 2. The molecule has 1 heterocycles. The Morgan fingerprint density at radius 1 is 1.15 bits per heavy atom. The number of ether oxygens (including phenoxy) is 1. The second-order valence-electron chi connectivity index (χ2n) is 5.19. The van der Waals surface area contributed by atoms with Gasteiger partial charge in [0.05, 0.1) is 0 Å². The molecule has 2 rings (SSSR count). The first-order valence-corrected chi connectivity index (χ1v) is 7.78. The number of hydrogen-bond acceptors (Lipinski definition) is 5. The van der Waals surface area contributed by atoms with Crippen molar-refractivity contribution < 1.29 is 4.74 Å². The van der Waals surface area contributed by atoms with Gasteiger partial charge in [-0.1, -0.05) is 6.92 Å². The standard InChI is InChI=1S/C15H26N4O/c1-3-9-20-10-5-8-17-14-11-13(16-4-2)18-15(19-14)12-6-7-12/h11-12H,3-10H2,1-2H3,(H2,16,17,18,19). The third-order valence-electron chi connectivity index (χ3n) is 3.16. The molecule has 0 saturated heterocycles. The zero-order valence-electron chi connectivity index (χ0n) is 12.6. The second-order valence-corrected chi connectivity index (χ2v) is 5.19. The van der Waals surface area contributed by atoms with Gasteiger partial charge >= 0.3 is 0 Å². The number of aromatic nitrogens is 2. The third-order valence-corrected chi connectivity index (χ3v) is 3.16. The highest BCUT2D eigenvalue weighted by atomic mass is 16.5. The summed E-state index contributed by atoms with van der Waals surface area (Å²) in [7, 11) is 0. The molecule has 0 aromatic carbocycles. The predicted octanol–water partition coefficient (Wildman–Crippen LogP) is 3.01. The lowest BCUT2D eigenvalue weighted by atomic mass is 10.3. The van der Waals surface area contributed by atoms with Crippen LogP contribution in [0.5, 0.6) is 0 Å². The van der Waals surface area contributed by atoms with E-state index in [2.05, 4.69) is 34.4 Å². The highest BCUT2D eigenvalue weighted by Crippen LogP contribution is 2.38. The van der Waals surface area contributed by atoms with Crippen molar-refractivity contribution in [1.29, 1.82) is 0 Å². The van der Waals surface area contributed by atoms with Gasteiger partial charge in [0, 0.05) is 38.3 Å². The van der Waals surface area contributed by atoms with Crippen LogP contribution in [0.1, 0.15) is 51.3 Å². The third kappa shape index (κ3) is 4.96. The van der Waals surface area contributed by atoms with E-state index in [0.29, 0.717) is 5.92 Å². The first kappa shape index (κ1) is 15.0. The minimum Gasteiger partial charge on any atom is -0.381 e. The van der Waals surface area contributed by atoms with Gasteiger partial charge in [0.2, 0.25) is 0 Å². The van der Waals surface area contributed by atoms with Crippen LogP contribution in [0, 0.1) is 0 Å². The van der Waals surface area contributed by atoms with Gasteiger partial charge in [0.1, 0.15) is 17.5 Å². The lowest BCUT2D eigenvalue weighted by Gasteiger charge is -2.10. The van der Waals surface area contributed by atoms with Crippen molar-refractivity contribution >= 4 is 11.6 Å². The largest absolute Gasteiger partial charge is 0.381 e. The van der Waals surface area contributed by atoms with Gasteiger partial charge < -0.3 is 15.4 Å². The molecule has 0 radical (unpaired) electrons. The van der Waals surface area contributed by atoms with E-state index in [9.17, 15) is 0 Å². The summed E-state index contributed by atoms with van der Waals surface area (Å²) in [5, 5.41) is 6.65. The summed E-state index contributed by atoms with van der Waals surface area (Å²) in [5.41, 5.74) is 0. The lowest BCUT2D eigenvalue weighted by Crippen LogP contribution is -2.10. The molecule has 2 N–H and O–H groups in total. The van der Waals surface area contributed by atoms with Crippen LogP contribution in [0.2, 0.25) is 0 Å². The van der Waals surface area contributed by atoms with E-state index in [1.165, 1.54) is 12.8 Å². The fraction of sp³-hybridized carbons (Fsp3) is 0.733. The number of anilines is 2. The van der Waals surface area contributed by atoms with Crippen LogP contribution < -0.4 is 10.6 Å². The monoisotopic (exact) mass is 278 g/mol. The smallest absolute Gasteiger partial charge is 0.136 e. The van der Waals surface area contributed by atoms with Crippen molar-refractivity contribution in [1.82, 2.24) is 9.97 Å². The maximum absolute atomic E-state index is 5.47. The molecule has 0 bridgehead atoms. The van der Waals surface area contributed by atoms with E-state index in [1.54, 1.807) is 0 Å². The molecule has 5 heteroatoms. The van der Waals surface area contributed by atoms with E-state index < -0.39 is 0 Å². The van der Waals surface area contributed by atoms with Gasteiger partial charge in [-0.25, -0.2) is 9.97 Å². The Bertz CT molecular complexity index is 407. The number of hydrogen-bond donors (Lipinski definition) is 2. The van der Waals surface area contributed by atoms with E-state index in [-0.39, 0.29) is 0 Å². The molecule has 1 aliphatic carbocycles. The first-order chi connectivity index (χ1) is 9.83. The second kappa shape index (κ2) is 8.04. The maximum Gasteiger partial charge on any atom is 0.136 e. The van der Waals surface area contributed by atoms with Crippen LogP contribution in [0.4, 0.5) is 11.6 Å². The molecule has 5 nitrogen and oxygen atoms in total. The van der Waals surface area contributed by atoms with Crippen molar-refractivity contribution in [2.75, 3.05) is 36.9 Å². The summed E-state index contributed by atoms with van der Waals surface area (Å²) < 4.78 is 5.47. The Kier molecular flexibility index (Phi) is 6.05. The molecular formula is C15H26N4O. The van der Waals surface area contributed by atoms with E-state index >= 15 is 0 Å². The molecule has 0 unspecified atom stereocenters. The molecule has 112 valence electrons. The maximum atomic E-state index is 5.47. The molecule has 1 aromatic heterocycles.